The quantitative estimate of drug-likeness (QED) is 0.802. The molecule has 1 saturated carbocycles. The van der Waals surface area contributed by atoms with E-state index in [2.05, 4.69) is 10.7 Å². The summed E-state index contributed by atoms with van der Waals surface area (Å²) in [6.45, 7) is 1.54. The van der Waals surface area contributed by atoms with Crippen molar-refractivity contribution in [2.45, 2.75) is 50.7 Å². The van der Waals surface area contributed by atoms with Crippen molar-refractivity contribution in [1.82, 2.24) is 15.8 Å². The van der Waals surface area contributed by atoms with Crippen molar-refractivity contribution in [3.63, 3.8) is 0 Å². The smallest absolute Gasteiger partial charge is 0.344 e. The number of halogens is 1. The fraction of sp³-hybridized carbons (Fsp3) is 0.471. The lowest BCUT2D eigenvalue weighted by Crippen LogP contribution is -2.53. The second kappa shape index (κ2) is 6.92. The van der Waals surface area contributed by atoms with Crippen LogP contribution < -0.4 is 15.5 Å². The number of nitrogens with zero attached hydrogens (tertiary/aromatic N) is 1. The van der Waals surface area contributed by atoms with Crippen LogP contribution in [-0.2, 0) is 9.59 Å². The number of hydrogen-bond acceptors (Lipinski definition) is 4. The summed E-state index contributed by atoms with van der Waals surface area (Å²) in [4.78, 5) is 37.1. The van der Waals surface area contributed by atoms with Crippen LogP contribution in [-0.4, -0.2) is 34.5 Å². The number of imide groups is 1. The molecule has 1 saturated heterocycles. The monoisotopic (exact) mass is 365 g/mol. The van der Waals surface area contributed by atoms with E-state index in [4.69, 9.17) is 16.3 Å². The normalized spacial score (nSPS) is 20.3. The number of carbonyl (C=O) groups excluding carboxylic acids is 3. The average molecular weight is 366 g/mol. The summed E-state index contributed by atoms with van der Waals surface area (Å²) in [6.07, 6.45) is 3.11. The molecule has 1 aromatic carbocycles. The van der Waals surface area contributed by atoms with Gasteiger partial charge in [-0.15, -0.1) is 0 Å². The highest BCUT2D eigenvalue weighted by atomic mass is 35.5. The number of nitrogens with one attached hydrogen (secondary N) is 2. The van der Waals surface area contributed by atoms with Crippen molar-refractivity contribution in [3.05, 3.63) is 29.3 Å². The molecular formula is C17H20ClN3O4. The molecule has 1 aromatic rings. The number of ether oxygens (including phenoxy) is 1. The lowest BCUT2D eigenvalue weighted by molar-refractivity contribution is -0.142. The van der Waals surface area contributed by atoms with Crippen molar-refractivity contribution >= 4 is 29.4 Å². The largest absolute Gasteiger partial charge is 0.481 e. The maximum atomic E-state index is 12.6. The molecule has 25 heavy (non-hydrogen) atoms. The van der Waals surface area contributed by atoms with Crippen LogP contribution in [0.2, 0.25) is 5.02 Å². The van der Waals surface area contributed by atoms with Gasteiger partial charge in [0.1, 0.15) is 11.3 Å². The first-order chi connectivity index (χ1) is 11.9. The van der Waals surface area contributed by atoms with Crippen molar-refractivity contribution in [2.75, 3.05) is 0 Å². The standard InChI is InChI=1S/C17H20ClN3O4/c1-11(25-13-7-5-12(18)6-8-13)14(22)20-21-15(23)17(19-16(21)24)9-3-2-4-10-17/h5-8,11H,2-4,9-10H2,1H3,(H,19,24)(H,20,22)/t11-/m0/s1. The summed E-state index contributed by atoms with van der Waals surface area (Å²) in [7, 11) is 0. The molecule has 1 aliphatic carbocycles. The number of hydrazine groups is 1. The summed E-state index contributed by atoms with van der Waals surface area (Å²) < 4.78 is 5.51. The fourth-order valence-corrected chi connectivity index (χ4v) is 3.31. The number of urea groups is 1. The van der Waals surface area contributed by atoms with Gasteiger partial charge in [0, 0.05) is 5.02 Å². The Labute approximate surface area is 150 Å². The molecule has 2 fully saturated rings. The third kappa shape index (κ3) is 3.56. The zero-order chi connectivity index (χ0) is 18.0. The fourth-order valence-electron chi connectivity index (χ4n) is 3.19. The Hall–Kier alpha value is -2.28. The molecule has 8 heteroatoms. The molecule has 3 rings (SSSR count). The minimum atomic E-state index is -0.885. The lowest BCUT2D eigenvalue weighted by Gasteiger charge is -2.30. The molecule has 0 bridgehead atoms. The zero-order valence-corrected chi connectivity index (χ0v) is 14.6. The van der Waals surface area contributed by atoms with Crippen LogP contribution in [0.15, 0.2) is 24.3 Å². The Balaban J connectivity index is 1.62. The van der Waals surface area contributed by atoms with Crippen molar-refractivity contribution in [1.29, 1.82) is 0 Å². The molecule has 2 N–H and O–H groups in total. The van der Waals surface area contributed by atoms with Gasteiger partial charge in [0.25, 0.3) is 11.8 Å². The molecule has 1 atom stereocenters. The van der Waals surface area contributed by atoms with Crippen LogP contribution in [0, 0.1) is 0 Å². The minimum Gasteiger partial charge on any atom is -0.481 e. The van der Waals surface area contributed by atoms with E-state index in [1.54, 1.807) is 31.2 Å². The third-order valence-corrected chi connectivity index (χ3v) is 4.84. The number of hydrogen-bond donors (Lipinski definition) is 2. The topological polar surface area (TPSA) is 87.7 Å². The first-order valence-corrected chi connectivity index (χ1v) is 8.68. The predicted octanol–water partition coefficient (Wildman–Crippen LogP) is 2.39. The van der Waals surface area contributed by atoms with Gasteiger partial charge < -0.3 is 10.1 Å². The van der Waals surface area contributed by atoms with Gasteiger partial charge in [-0.2, -0.15) is 5.01 Å². The molecule has 0 radical (unpaired) electrons. The van der Waals surface area contributed by atoms with Crippen LogP contribution >= 0.6 is 11.6 Å². The molecule has 134 valence electrons. The number of benzene rings is 1. The molecule has 7 nitrogen and oxygen atoms in total. The zero-order valence-electron chi connectivity index (χ0n) is 13.9. The summed E-state index contributed by atoms with van der Waals surface area (Å²) in [5.74, 6) is -0.511. The minimum absolute atomic E-state index is 0.399. The van der Waals surface area contributed by atoms with Gasteiger partial charge in [-0.25, -0.2) is 4.79 Å². The van der Waals surface area contributed by atoms with Gasteiger partial charge in [0.2, 0.25) is 0 Å². The van der Waals surface area contributed by atoms with E-state index >= 15 is 0 Å². The molecule has 2 aliphatic rings. The summed E-state index contributed by atoms with van der Waals surface area (Å²) in [5.41, 5.74) is 1.49. The van der Waals surface area contributed by atoms with E-state index in [0.717, 1.165) is 24.3 Å². The van der Waals surface area contributed by atoms with Crippen molar-refractivity contribution in [2.24, 2.45) is 0 Å². The third-order valence-electron chi connectivity index (χ3n) is 4.59. The van der Waals surface area contributed by atoms with Gasteiger partial charge in [0.05, 0.1) is 0 Å². The molecule has 0 aromatic heterocycles. The predicted molar refractivity (Wildman–Crippen MR) is 90.9 cm³/mol. The van der Waals surface area contributed by atoms with E-state index in [-0.39, 0.29) is 0 Å². The van der Waals surface area contributed by atoms with Gasteiger partial charge >= 0.3 is 6.03 Å². The highest BCUT2D eigenvalue weighted by molar-refractivity contribution is 6.30. The summed E-state index contributed by atoms with van der Waals surface area (Å²) >= 11 is 5.80. The molecular weight excluding hydrogens is 346 g/mol. The number of carbonyl (C=O) groups is 3. The van der Waals surface area contributed by atoms with Gasteiger partial charge in [-0.1, -0.05) is 30.9 Å². The highest BCUT2D eigenvalue weighted by Gasteiger charge is 2.52. The van der Waals surface area contributed by atoms with Crippen molar-refractivity contribution in [3.8, 4) is 5.75 Å². The van der Waals surface area contributed by atoms with Crippen LogP contribution in [0.1, 0.15) is 39.0 Å². The van der Waals surface area contributed by atoms with Gasteiger partial charge in [-0.05, 0) is 44.0 Å². The Morgan fingerprint density at radius 3 is 2.52 bits per heavy atom. The Kier molecular flexibility index (Phi) is 4.85. The summed E-state index contributed by atoms with van der Waals surface area (Å²) in [6, 6.07) is 5.96. The molecule has 1 aliphatic heterocycles. The van der Waals surface area contributed by atoms with Gasteiger partial charge in [0.15, 0.2) is 6.10 Å². The van der Waals surface area contributed by atoms with Crippen molar-refractivity contribution < 1.29 is 19.1 Å². The Bertz CT molecular complexity index is 686. The van der Waals surface area contributed by atoms with Crippen LogP contribution in [0.25, 0.3) is 0 Å². The maximum absolute atomic E-state index is 12.6. The Morgan fingerprint density at radius 1 is 1.24 bits per heavy atom. The Morgan fingerprint density at radius 2 is 1.88 bits per heavy atom. The number of rotatable bonds is 4. The second-order valence-electron chi connectivity index (χ2n) is 6.40. The van der Waals surface area contributed by atoms with E-state index in [9.17, 15) is 14.4 Å². The van der Waals surface area contributed by atoms with E-state index in [1.807, 2.05) is 0 Å². The number of amides is 4. The average Bonchev–Trinajstić information content (AvgIpc) is 2.81. The van der Waals surface area contributed by atoms with Crippen LogP contribution in [0.3, 0.4) is 0 Å². The molecule has 1 spiro atoms. The van der Waals surface area contributed by atoms with E-state index < -0.39 is 29.5 Å². The lowest BCUT2D eigenvalue weighted by atomic mass is 9.82. The van der Waals surface area contributed by atoms with E-state index in [1.165, 1.54) is 0 Å². The molecule has 4 amide bonds. The van der Waals surface area contributed by atoms with Crippen LogP contribution in [0.5, 0.6) is 5.75 Å². The van der Waals surface area contributed by atoms with Crippen LogP contribution in [0.4, 0.5) is 4.79 Å². The maximum Gasteiger partial charge on any atom is 0.344 e. The highest BCUT2D eigenvalue weighted by Crippen LogP contribution is 2.33. The summed E-state index contributed by atoms with van der Waals surface area (Å²) in [5, 5.41) is 4.07. The molecule has 0 unspecified atom stereocenters. The molecule has 1 heterocycles. The van der Waals surface area contributed by atoms with Gasteiger partial charge in [-0.3, -0.25) is 15.0 Å². The van der Waals surface area contributed by atoms with E-state index in [0.29, 0.717) is 23.6 Å². The first-order valence-electron chi connectivity index (χ1n) is 8.31. The first kappa shape index (κ1) is 17.5. The SMILES string of the molecule is C[C@H](Oc1ccc(Cl)cc1)C(=O)NN1C(=O)NC2(CCCCC2)C1=O. The second-order valence-corrected chi connectivity index (χ2v) is 6.84.